The molecule has 2 N–H and O–H groups in total. The third-order valence-corrected chi connectivity index (χ3v) is 2.39. The molecule has 0 heterocycles. The SMILES string of the molecule is CCNc1c(F)cc(C(=O)NCCOCC)cc1F. The maximum absolute atomic E-state index is 13.6. The van der Waals surface area contributed by atoms with Crippen molar-refractivity contribution in [3.8, 4) is 0 Å². The summed E-state index contributed by atoms with van der Waals surface area (Å²) in [4.78, 5) is 11.7. The number of hydrogen-bond acceptors (Lipinski definition) is 3. The second-order valence-corrected chi connectivity index (χ2v) is 3.80. The summed E-state index contributed by atoms with van der Waals surface area (Å²) < 4.78 is 32.2. The molecule has 1 aromatic carbocycles. The van der Waals surface area contributed by atoms with E-state index in [1.54, 1.807) is 6.92 Å². The minimum absolute atomic E-state index is 0.0480. The van der Waals surface area contributed by atoms with Crippen molar-refractivity contribution in [2.75, 3.05) is 31.6 Å². The second-order valence-electron chi connectivity index (χ2n) is 3.80. The van der Waals surface area contributed by atoms with Crippen molar-refractivity contribution in [1.29, 1.82) is 0 Å². The summed E-state index contributed by atoms with van der Waals surface area (Å²) in [5.41, 5.74) is -0.262. The number of carbonyl (C=O) groups is 1. The number of nitrogens with one attached hydrogen (secondary N) is 2. The Morgan fingerprint density at radius 2 is 1.89 bits per heavy atom. The molecule has 0 aliphatic carbocycles. The van der Waals surface area contributed by atoms with Crippen LogP contribution < -0.4 is 10.6 Å². The molecule has 0 aromatic heterocycles. The smallest absolute Gasteiger partial charge is 0.251 e. The van der Waals surface area contributed by atoms with Crippen molar-refractivity contribution in [2.45, 2.75) is 13.8 Å². The molecular weight excluding hydrogens is 254 g/mol. The van der Waals surface area contributed by atoms with Crippen LogP contribution in [0.5, 0.6) is 0 Å². The second kappa shape index (κ2) is 7.68. The van der Waals surface area contributed by atoms with Crippen molar-refractivity contribution < 1.29 is 18.3 Å². The number of rotatable bonds is 7. The van der Waals surface area contributed by atoms with Gasteiger partial charge in [-0.1, -0.05) is 0 Å². The monoisotopic (exact) mass is 272 g/mol. The summed E-state index contributed by atoms with van der Waals surface area (Å²) in [5, 5.41) is 5.09. The van der Waals surface area contributed by atoms with Crippen LogP contribution in [0.4, 0.5) is 14.5 Å². The van der Waals surface area contributed by atoms with Crippen LogP contribution in [-0.4, -0.2) is 32.2 Å². The molecule has 106 valence electrons. The number of hydrogen-bond donors (Lipinski definition) is 2. The molecule has 19 heavy (non-hydrogen) atoms. The third kappa shape index (κ3) is 4.48. The van der Waals surface area contributed by atoms with Crippen molar-refractivity contribution in [3.05, 3.63) is 29.3 Å². The normalized spacial score (nSPS) is 10.3. The van der Waals surface area contributed by atoms with E-state index in [2.05, 4.69) is 10.6 Å². The first-order valence-corrected chi connectivity index (χ1v) is 6.19. The van der Waals surface area contributed by atoms with Crippen molar-refractivity contribution in [3.63, 3.8) is 0 Å². The minimum Gasteiger partial charge on any atom is -0.381 e. The van der Waals surface area contributed by atoms with Crippen LogP contribution in [0.25, 0.3) is 0 Å². The van der Waals surface area contributed by atoms with E-state index in [9.17, 15) is 13.6 Å². The molecule has 6 heteroatoms. The highest BCUT2D eigenvalue weighted by Gasteiger charge is 2.14. The van der Waals surface area contributed by atoms with Gasteiger partial charge in [0.1, 0.15) is 17.3 Å². The van der Waals surface area contributed by atoms with Crippen LogP contribution in [0.2, 0.25) is 0 Å². The molecule has 0 fully saturated rings. The van der Waals surface area contributed by atoms with Crippen LogP contribution in [0.1, 0.15) is 24.2 Å². The first-order valence-electron chi connectivity index (χ1n) is 6.19. The first-order chi connectivity index (χ1) is 9.10. The molecule has 0 radical (unpaired) electrons. The maximum Gasteiger partial charge on any atom is 0.251 e. The number of anilines is 1. The number of carbonyl (C=O) groups excluding carboxylic acids is 1. The fourth-order valence-electron chi connectivity index (χ4n) is 1.53. The van der Waals surface area contributed by atoms with Crippen LogP contribution in [0.3, 0.4) is 0 Å². The molecule has 0 unspecified atom stereocenters. The van der Waals surface area contributed by atoms with Gasteiger partial charge in [-0.05, 0) is 26.0 Å². The molecule has 4 nitrogen and oxygen atoms in total. The molecule has 0 aliphatic heterocycles. The molecule has 0 spiro atoms. The lowest BCUT2D eigenvalue weighted by Crippen LogP contribution is -2.27. The standard InChI is InChI=1S/C13H18F2N2O2/c1-3-16-12-10(14)7-9(8-11(12)15)13(18)17-5-6-19-4-2/h7-8,16H,3-6H2,1-2H3,(H,17,18). The predicted octanol–water partition coefficient (Wildman–Crippen LogP) is 2.16. The van der Waals surface area contributed by atoms with Gasteiger partial charge >= 0.3 is 0 Å². The zero-order chi connectivity index (χ0) is 14.3. The summed E-state index contributed by atoms with van der Waals surface area (Å²) in [5.74, 6) is -2.09. The highest BCUT2D eigenvalue weighted by Crippen LogP contribution is 2.20. The van der Waals surface area contributed by atoms with E-state index in [-0.39, 0.29) is 11.3 Å². The van der Waals surface area contributed by atoms with E-state index in [1.807, 2.05) is 6.92 Å². The Kier molecular flexibility index (Phi) is 6.21. The van der Waals surface area contributed by atoms with Crippen molar-refractivity contribution in [1.82, 2.24) is 5.32 Å². The number of benzene rings is 1. The average molecular weight is 272 g/mol. The van der Waals surface area contributed by atoms with Crippen LogP contribution >= 0.6 is 0 Å². The molecule has 0 bridgehead atoms. The van der Waals surface area contributed by atoms with Gasteiger partial charge in [-0.3, -0.25) is 4.79 Å². The molecule has 0 aliphatic rings. The Morgan fingerprint density at radius 3 is 2.42 bits per heavy atom. The molecule has 1 aromatic rings. The summed E-state index contributed by atoms with van der Waals surface area (Å²) in [6.07, 6.45) is 0. The maximum atomic E-state index is 13.6. The summed E-state index contributed by atoms with van der Waals surface area (Å²) in [6, 6.07) is 2.02. The van der Waals surface area contributed by atoms with E-state index >= 15 is 0 Å². The van der Waals surface area contributed by atoms with E-state index in [0.29, 0.717) is 26.3 Å². The summed E-state index contributed by atoms with van der Waals surface area (Å²) >= 11 is 0. The highest BCUT2D eigenvalue weighted by molar-refractivity contribution is 5.94. The predicted molar refractivity (Wildman–Crippen MR) is 69.3 cm³/mol. The number of ether oxygens (including phenoxy) is 1. The van der Waals surface area contributed by atoms with Crippen molar-refractivity contribution >= 4 is 11.6 Å². The number of amides is 1. The Bertz CT molecular complexity index is 416. The van der Waals surface area contributed by atoms with Gasteiger partial charge in [0.25, 0.3) is 5.91 Å². The Balaban J connectivity index is 2.71. The van der Waals surface area contributed by atoms with Gasteiger partial charge in [-0.25, -0.2) is 8.78 Å². The fourth-order valence-corrected chi connectivity index (χ4v) is 1.53. The van der Waals surface area contributed by atoms with Gasteiger partial charge in [0.05, 0.1) is 6.61 Å². The molecule has 0 saturated carbocycles. The molecule has 1 amide bonds. The van der Waals surface area contributed by atoms with Crippen LogP contribution in [-0.2, 0) is 4.74 Å². The summed E-state index contributed by atoms with van der Waals surface area (Å²) in [6.45, 7) is 5.18. The molecular formula is C13H18F2N2O2. The molecule has 0 atom stereocenters. The largest absolute Gasteiger partial charge is 0.381 e. The molecule has 0 saturated heterocycles. The minimum atomic E-state index is -0.781. The lowest BCUT2D eigenvalue weighted by molar-refractivity contribution is 0.0921. The van der Waals surface area contributed by atoms with Gasteiger partial charge in [-0.2, -0.15) is 0 Å². The van der Waals surface area contributed by atoms with Gasteiger partial charge in [0.15, 0.2) is 0 Å². The number of halogens is 2. The van der Waals surface area contributed by atoms with Crippen LogP contribution in [0.15, 0.2) is 12.1 Å². The van der Waals surface area contributed by atoms with E-state index < -0.39 is 17.5 Å². The topological polar surface area (TPSA) is 50.4 Å². The first kappa shape index (κ1) is 15.4. The Hall–Kier alpha value is -1.69. The van der Waals surface area contributed by atoms with Crippen LogP contribution in [0, 0.1) is 11.6 Å². The fraction of sp³-hybridized carbons (Fsp3) is 0.462. The van der Waals surface area contributed by atoms with Gasteiger partial charge in [0, 0.05) is 25.3 Å². The molecule has 1 rings (SSSR count). The third-order valence-electron chi connectivity index (χ3n) is 2.39. The van der Waals surface area contributed by atoms with E-state index in [4.69, 9.17) is 4.74 Å². The van der Waals surface area contributed by atoms with Gasteiger partial charge in [-0.15, -0.1) is 0 Å². The zero-order valence-electron chi connectivity index (χ0n) is 11.1. The van der Waals surface area contributed by atoms with E-state index in [0.717, 1.165) is 12.1 Å². The Morgan fingerprint density at radius 1 is 1.26 bits per heavy atom. The lowest BCUT2D eigenvalue weighted by Gasteiger charge is -2.09. The Labute approximate surface area is 111 Å². The summed E-state index contributed by atoms with van der Waals surface area (Å²) in [7, 11) is 0. The highest BCUT2D eigenvalue weighted by atomic mass is 19.1. The van der Waals surface area contributed by atoms with Gasteiger partial charge < -0.3 is 15.4 Å². The van der Waals surface area contributed by atoms with Crippen molar-refractivity contribution in [2.24, 2.45) is 0 Å². The van der Waals surface area contributed by atoms with E-state index in [1.165, 1.54) is 0 Å². The van der Waals surface area contributed by atoms with Gasteiger partial charge in [0.2, 0.25) is 0 Å². The average Bonchev–Trinajstić information content (AvgIpc) is 2.38. The lowest BCUT2D eigenvalue weighted by atomic mass is 10.1. The quantitative estimate of drug-likeness (QED) is 0.748. The zero-order valence-corrected chi connectivity index (χ0v) is 11.1.